The monoisotopic (exact) mass is 402 g/mol. The summed E-state index contributed by atoms with van der Waals surface area (Å²) in [6, 6.07) is 7.25. The standard InChI is InChI=1S/C21H27ClN4O2/c1-15(28-18-10-5-4-9-17(18)22)21(27)25-12-7-8-16(14-25)20-24-23-19-11-3-2-6-13-26(19)20/h4-5,9-10,15-16H,2-3,6-8,11-14H2,1H3. The van der Waals surface area contributed by atoms with E-state index in [4.69, 9.17) is 16.3 Å². The average Bonchev–Trinajstić information content (AvgIpc) is 2.97. The highest BCUT2D eigenvalue weighted by molar-refractivity contribution is 6.32. The molecule has 0 bridgehead atoms. The average molecular weight is 403 g/mol. The van der Waals surface area contributed by atoms with Crippen molar-refractivity contribution in [1.29, 1.82) is 0 Å². The number of piperidine rings is 1. The highest BCUT2D eigenvalue weighted by Gasteiger charge is 2.31. The molecule has 6 nitrogen and oxygen atoms in total. The summed E-state index contributed by atoms with van der Waals surface area (Å²) in [6.07, 6.45) is 6.05. The number of halogens is 1. The Morgan fingerprint density at radius 1 is 1.18 bits per heavy atom. The molecule has 150 valence electrons. The summed E-state index contributed by atoms with van der Waals surface area (Å²) in [5.41, 5.74) is 0. The van der Waals surface area contributed by atoms with Crippen LogP contribution in [-0.2, 0) is 17.8 Å². The molecule has 28 heavy (non-hydrogen) atoms. The smallest absolute Gasteiger partial charge is 0.263 e. The molecule has 2 aromatic rings. The van der Waals surface area contributed by atoms with Crippen molar-refractivity contribution in [3.05, 3.63) is 40.9 Å². The summed E-state index contributed by atoms with van der Waals surface area (Å²) >= 11 is 6.16. The fourth-order valence-corrected chi connectivity index (χ4v) is 4.42. The molecule has 0 spiro atoms. The maximum Gasteiger partial charge on any atom is 0.263 e. The van der Waals surface area contributed by atoms with Crippen LogP contribution >= 0.6 is 11.6 Å². The van der Waals surface area contributed by atoms with Gasteiger partial charge in [-0.15, -0.1) is 10.2 Å². The van der Waals surface area contributed by atoms with Crippen molar-refractivity contribution in [3.63, 3.8) is 0 Å². The Hall–Kier alpha value is -2.08. The molecule has 1 saturated heterocycles. The number of likely N-dealkylation sites (tertiary alicyclic amines) is 1. The van der Waals surface area contributed by atoms with Gasteiger partial charge in [0.15, 0.2) is 6.10 Å². The number of carbonyl (C=O) groups excluding carboxylic acids is 1. The third-order valence-electron chi connectivity index (χ3n) is 5.72. The Morgan fingerprint density at radius 2 is 2.04 bits per heavy atom. The number of hydrogen-bond acceptors (Lipinski definition) is 4. The minimum Gasteiger partial charge on any atom is -0.479 e. The van der Waals surface area contributed by atoms with Crippen molar-refractivity contribution in [3.8, 4) is 5.75 Å². The van der Waals surface area contributed by atoms with Crippen molar-refractivity contribution in [2.24, 2.45) is 0 Å². The van der Waals surface area contributed by atoms with Gasteiger partial charge in [0, 0.05) is 32.0 Å². The number of benzene rings is 1. The largest absolute Gasteiger partial charge is 0.479 e. The summed E-state index contributed by atoms with van der Waals surface area (Å²) in [6.45, 7) is 4.21. The number of aryl methyl sites for hydroxylation is 1. The molecule has 2 aliphatic rings. The highest BCUT2D eigenvalue weighted by atomic mass is 35.5. The van der Waals surface area contributed by atoms with Crippen molar-refractivity contribution in [1.82, 2.24) is 19.7 Å². The third kappa shape index (κ3) is 4.02. The van der Waals surface area contributed by atoms with Crippen LogP contribution in [-0.4, -0.2) is 44.8 Å². The molecule has 1 aromatic heterocycles. The molecule has 1 amide bonds. The Kier molecular flexibility index (Phi) is 5.85. The number of nitrogens with zero attached hydrogens (tertiary/aromatic N) is 4. The third-order valence-corrected chi connectivity index (χ3v) is 6.04. The first-order valence-electron chi connectivity index (χ1n) is 10.3. The zero-order valence-electron chi connectivity index (χ0n) is 16.3. The summed E-state index contributed by atoms with van der Waals surface area (Å²) in [5, 5.41) is 9.46. The zero-order chi connectivity index (χ0) is 19.5. The number of hydrogen-bond donors (Lipinski definition) is 0. The molecule has 7 heteroatoms. The molecule has 2 aliphatic heterocycles. The number of rotatable bonds is 4. The minimum absolute atomic E-state index is 0.000208. The van der Waals surface area contributed by atoms with Gasteiger partial charge in [-0.05, 0) is 44.7 Å². The fourth-order valence-electron chi connectivity index (χ4n) is 4.24. The van der Waals surface area contributed by atoms with E-state index in [1.807, 2.05) is 17.0 Å². The molecule has 3 heterocycles. The predicted octanol–water partition coefficient (Wildman–Crippen LogP) is 3.83. The second-order valence-electron chi connectivity index (χ2n) is 7.75. The second kappa shape index (κ2) is 8.52. The van der Waals surface area contributed by atoms with Crippen LogP contribution in [0.1, 0.15) is 56.6 Å². The van der Waals surface area contributed by atoms with E-state index in [0.717, 1.165) is 44.0 Å². The summed E-state index contributed by atoms with van der Waals surface area (Å²) in [4.78, 5) is 14.9. The van der Waals surface area contributed by atoms with Crippen LogP contribution in [0.3, 0.4) is 0 Å². The van der Waals surface area contributed by atoms with E-state index in [-0.39, 0.29) is 11.8 Å². The number of carbonyl (C=O) groups is 1. The van der Waals surface area contributed by atoms with Crippen LogP contribution in [0.15, 0.2) is 24.3 Å². The molecule has 0 radical (unpaired) electrons. The molecule has 0 aliphatic carbocycles. The molecule has 0 N–H and O–H groups in total. The van der Waals surface area contributed by atoms with Crippen LogP contribution in [0.2, 0.25) is 5.02 Å². The molecular formula is C21H27ClN4O2. The van der Waals surface area contributed by atoms with Crippen molar-refractivity contribution >= 4 is 17.5 Å². The lowest BCUT2D eigenvalue weighted by Crippen LogP contribution is -2.45. The van der Waals surface area contributed by atoms with Gasteiger partial charge in [-0.1, -0.05) is 30.2 Å². The highest BCUT2D eigenvalue weighted by Crippen LogP contribution is 2.29. The van der Waals surface area contributed by atoms with Gasteiger partial charge in [-0.25, -0.2) is 0 Å². The summed E-state index contributed by atoms with van der Waals surface area (Å²) in [5.74, 6) is 2.94. The van der Waals surface area contributed by atoms with Gasteiger partial charge in [0.25, 0.3) is 5.91 Å². The van der Waals surface area contributed by atoms with Gasteiger partial charge in [-0.3, -0.25) is 4.79 Å². The van der Waals surface area contributed by atoms with E-state index in [1.165, 1.54) is 19.3 Å². The molecule has 2 unspecified atom stereocenters. The van der Waals surface area contributed by atoms with E-state index in [2.05, 4.69) is 14.8 Å². The van der Waals surface area contributed by atoms with Crippen LogP contribution in [0, 0.1) is 0 Å². The SMILES string of the molecule is CC(Oc1ccccc1Cl)C(=O)N1CCCC(c2nnc3n2CCCCC3)C1. The predicted molar refractivity (Wildman–Crippen MR) is 108 cm³/mol. The zero-order valence-corrected chi connectivity index (χ0v) is 17.1. The van der Waals surface area contributed by atoms with E-state index >= 15 is 0 Å². The summed E-state index contributed by atoms with van der Waals surface area (Å²) in [7, 11) is 0. The maximum absolute atomic E-state index is 13.0. The topological polar surface area (TPSA) is 60.2 Å². The van der Waals surface area contributed by atoms with Gasteiger partial charge >= 0.3 is 0 Å². The first kappa shape index (κ1) is 19.2. The Morgan fingerprint density at radius 3 is 2.89 bits per heavy atom. The molecule has 4 rings (SSSR count). The van der Waals surface area contributed by atoms with Crippen LogP contribution < -0.4 is 4.74 Å². The number of amides is 1. The number of ether oxygens (including phenoxy) is 1. The second-order valence-corrected chi connectivity index (χ2v) is 8.16. The Balaban J connectivity index is 1.44. The van der Waals surface area contributed by atoms with E-state index in [0.29, 0.717) is 17.3 Å². The lowest BCUT2D eigenvalue weighted by molar-refractivity contribution is -0.139. The summed E-state index contributed by atoms with van der Waals surface area (Å²) < 4.78 is 8.14. The van der Waals surface area contributed by atoms with Crippen LogP contribution in [0.25, 0.3) is 0 Å². The lowest BCUT2D eigenvalue weighted by Gasteiger charge is -2.34. The first-order valence-corrected chi connectivity index (χ1v) is 10.6. The van der Waals surface area contributed by atoms with Gasteiger partial charge in [0.2, 0.25) is 0 Å². The van der Waals surface area contributed by atoms with Gasteiger partial charge < -0.3 is 14.2 Å². The maximum atomic E-state index is 13.0. The molecule has 1 fully saturated rings. The van der Waals surface area contributed by atoms with Gasteiger partial charge in [0.1, 0.15) is 17.4 Å². The van der Waals surface area contributed by atoms with Gasteiger partial charge in [-0.2, -0.15) is 0 Å². The normalized spacial score (nSPS) is 20.9. The van der Waals surface area contributed by atoms with E-state index in [1.54, 1.807) is 19.1 Å². The lowest BCUT2D eigenvalue weighted by atomic mass is 9.96. The molecule has 0 saturated carbocycles. The van der Waals surface area contributed by atoms with Crippen LogP contribution in [0.5, 0.6) is 5.75 Å². The van der Waals surface area contributed by atoms with Crippen molar-refractivity contribution < 1.29 is 9.53 Å². The number of fused-ring (bicyclic) bond motifs is 1. The Labute approximate surface area is 170 Å². The van der Waals surface area contributed by atoms with E-state index in [9.17, 15) is 4.79 Å². The van der Waals surface area contributed by atoms with Gasteiger partial charge in [0.05, 0.1) is 5.02 Å². The number of para-hydroxylation sites is 1. The number of aromatic nitrogens is 3. The molecule has 2 atom stereocenters. The van der Waals surface area contributed by atoms with Crippen molar-refractivity contribution in [2.45, 2.75) is 64.0 Å². The van der Waals surface area contributed by atoms with Crippen LogP contribution in [0.4, 0.5) is 0 Å². The fraction of sp³-hybridized carbons (Fsp3) is 0.571. The minimum atomic E-state index is -0.575. The van der Waals surface area contributed by atoms with E-state index < -0.39 is 6.10 Å². The Bertz CT molecular complexity index is 838. The van der Waals surface area contributed by atoms with Crippen molar-refractivity contribution in [2.75, 3.05) is 13.1 Å². The molecule has 1 aromatic carbocycles. The first-order chi connectivity index (χ1) is 13.6. The quantitative estimate of drug-likeness (QED) is 0.779. The molecular weight excluding hydrogens is 376 g/mol.